The molecule has 200 valence electrons. The van der Waals surface area contributed by atoms with E-state index in [1.54, 1.807) is 12.1 Å². The topological polar surface area (TPSA) is 53.6 Å². The van der Waals surface area contributed by atoms with Crippen LogP contribution in [0.3, 0.4) is 0 Å². The fourth-order valence-electron chi connectivity index (χ4n) is 5.33. The zero-order valence-corrected chi connectivity index (χ0v) is 21.4. The van der Waals surface area contributed by atoms with Gasteiger partial charge in [-0.1, -0.05) is 18.2 Å². The minimum absolute atomic E-state index is 0.0403. The molecule has 0 radical (unpaired) electrons. The number of benzene rings is 3. The van der Waals surface area contributed by atoms with E-state index in [4.69, 9.17) is 4.74 Å². The maximum Gasteiger partial charge on any atom is 0.241 e. The molecular formula is C30H32F3N3O2. The van der Waals surface area contributed by atoms with Gasteiger partial charge in [-0.3, -0.25) is 9.69 Å². The molecule has 2 aliphatic rings. The van der Waals surface area contributed by atoms with Crippen LogP contribution in [0.1, 0.15) is 48.3 Å². The highest BCUT2D eigenvalue weighted by Crippen LogP contribution is 2.33. The molecule has 1 atom stereocenters. The summed E-state index contributed by atoms with van der Waals surface area (Å²) >= 11 is 0. The van der Waals surface area contributed by atoms with Gasteiger partial charge in [0, 0.05) is 24.4 Å². The molecular weight excluding hydrogens is 491 g/mol. The second-order valence-corrected chi connectivity index (χ2v) is 10.2. The molecule has 8 heteroatoms. The first-order valence-corrected chi connectivity index (χ1v) is 13.1. The first-order valence-electron chi connectivity index (χ1n) is 13.1. The molecule has 3 aromatic carbocycles. The Balaban J connectivity index is 1.15. The van der Waals surface area contributed by atoms with Gasteiger partial charge >= 0.3 is 0 Å². The Morgan fingerprint density at radius 2 is 1.71 bits per heavy atom. The number of amides is 1. The molecule has 38 heavy (non-hydrogen) atoms. The van der Waals surface area contributed by atoms with Crippen molar-refractivity contribution in [3.8, 4) is 11.5 Å². The number of halogens is 3. The summed E-state index contributed by atoms with van der Waals surface area (Å²) in [6, 6.07) is 14.5. The molecule has 2 heterocycles. The Bertz CT molecular complexity index is 1280. The predicted octanol–water partition coefficient (Wildman–Crippen LogP) is 6.27. The Kier molecular flexibility index (Phi) is 8.00. The third kappa shape index (κ3) is 6.19. The van der Waals surface area contributed by atoms with Crippen LogP contribution in [-0.4, -0.2) is 36.5 Å². The molecule has 2 fully saturated rings. The summed E-state index contributed by atoms with van der Waals surface area (Å²) in [5, 5.41) is 6.33. The first kappa shape index (κ1) is 26.3. The van der Waals surface area contributed by atoms with Crippen LogP contribution in [0.5, 0.6) is 11.5 Å². The van der Waals surface area contributed by atoms with Crippen molar-refractivity contribution >= 4 is 11.6 Å². The Morgan fingerprint density at radius 3 is 2.42 bits per heavy atom. The van der Waals surface area contributed by atoms with E-state index in [0.717, 1.165) is 63.1 Å². The summed E-state index contributed by atoms with van der Waals surface area (Å²) in [7, 11) is 0. The first-order chi connectivity index (χ1) is 18.4. The standard InChI is InChI=1S/C30H32F3N3O2/c1-19-4-7-22(35-30(37)28-3-2-12-34-28)15-24(19)21-10-13-36(14-11-21)18-20-5-8-23(9-6-20)38-29-17-26(32)25(31)16-27(29)33/h4-9,15-17,21,28,34H,2-3,10-14,18H2,1H3,(H,35,37)/t28-/m0/s1. The predicted molar refractivity (Wildman–Crippen MR) is 141 cm³/mol. The van der Waals surface area contributed by atoms with Crippen LogP contribution < -0.4 is 15.4 Å². The minimum atomic E-state index is -1.25. The average molecular weight is 524 g/mol. The smallest absolute Gasteiger partial charge is 0.241 e. The van der Waals surface area contributed by atoms with E-state index >= 15 is 0 Å². The summed E-state index contributed by atoms with van der Waals surface area (Å²) in [5.74, 6) is -2.89. The van der Waals surface area contributed by atoms with Gasteiger partial charge in [-0.2, -0.15) is 0 Å². The van der Waals surface area contributed by atoms with Crippen molar-refractivity contribution in [2.75, 3.05) is 25.0 Å². The number of aryl methyl sites for hydroxylation is 1. The molecule has 5 rings (SSSR count). The molecule has 0 bridgehead atoms. The van der Waals surface area contributed by atoms with E-state index in [-0.39, 0.29) is 17.7 Å². The summed E-state index contributed by atoms with van der Waals surface area (Å²) in [6.07, 6.45) is 3.97. The van der Waals surface area contributed by atoms with Crippen LogP contribution in [-0.2, 0) is 11.3 Å². The fraction of sp³-hybridized carbons (Fsp3) is 0.367. The Morgan fingerprint density at radius 1 is 0.974 bits per heavy atom. The lowest BCUT2D eigenvalue weighted by Crippen LogP contribution is -2.35. The van der Waals surface area contributed by atoms with E-state index in [9.17, 15) is 18.0 Å². The van der Waals surface area contributed by atoms with E-state index in [1.165, 1.54) is 11.1 Å². The molecule has 2 aliphatic heterocycles. The number of carbonyl (C=O) groups excluding carboxylic acids is 1. The maximum atomic E-state index is 13.9. The zero-order chi connectivity index (χ0) is 26.6. The number of likely N-dealkylation sites (tertiary alicyclic amines) is 1. The van der Waals surface area contributed by atoms with E-state index in [2.05, 4.69) is 34.6 Å². The van der Waals surface area contributed by atoms with Crippen LogP contribution in [0.15, 0.2) is 54.6 Å². The van der Waals surface area contributed by atoms with Crippen LogP contribution in [0.2, 0.25) is 0 Å². The SMILES string of the molecule is Cc1ccc(NC(=O)[C@@H]2CCCN2)cc1C1CCN(Cc2ccc(Oc3cc(F)c(F)cc3F)cc2)CC1. The second-order valence-electron chi connectivity index (χ2n) is 10.2. The molecule has 3 aromatic rings. The van der Waals surface area contributed by atoms with Crippen molar-refractivity contribution in [3.05, 3.63) is 88.7 Å². The molecule has 0 saturated carbocycles. The summed E-state index contributed by atoms with van der Waals surface area (Å²) < 4.78 is 45.8. The highest BCUT2D eigenvalue weighted by atomic mass is 19.2. The molecule has 2 N–H and O–H groups in total. The molecule has 5 nitrogen and oxygen atoms in total. The number of anilines is 1. The number of carbonyl (C=O) groups is 1. The lowest BCUT2D eigenvalue weighted by molar-refractivity contribution is -0.117. The van der Waals surface area contributed by atoms with Crippen LogP contribution in [0.25, 0.3) is 0 Å². The van der Waals surface area contributed by atoms with Crippen molar-refractivity contribution in [1.82, 2.24) is 10.2 Å². The molecule has 0 aromatic heterocycles. The Labute approximate surface area is 221 Å². The normalized spacial score (nSPS) is 18.5. The fourth-order valence-corrected chi connectivity index (χ4v) is 5.33. The van der Waals surface area contributed by atoms with Gasteiger partial charge in [0.2, 0.25) is 5.91 Å². The number of nitrogens with one attached hydrogen (secondary N) is 2. The summed E-state index contributed by atoms with van der Waals surface area (Å²) in [6.45, 7) is 5.69. The minimum Gasteiger partial charge on any atom is -0.454 e. The number of hydrogen-bond acceptors (Lipinski definition) is 4. The van der Waals surface area contributed by atoms with E-state index < -0.39 is 17.5 Å². The summed E-state index contributed by atoms with van der Waals surface area (Å²) in [4.78, 5) is 14.9. The number of nitrogens with zero attached hydrogens (tertiary/aromatic N) is 1. The molecule has 0 unspecified atom stereocenters. The third-order valence-corrected chi connectivity index (χ3v) is 7.48. The highest BCUT2D eigenvalue weighted by molar-refractivity contribution is 5.95. The maximum absolute atomic E-state index is 13.9. The average Bonchev–Trinajstić information content (AvgIpc) is 3.46. The largest absolute Gasteiger partial charge is 0.454 e. The number of ether oxygens (including phenoxy) is 1. The van der Waals surface area contributed by atoms with Crippen molar-refractivity contribution in [2.45, 2.75) is 51.1 Å². The number of piperidine rings is 1. The van der Waals surface area contributed by atoms with E-state index in [1.807, 2.05) is 18.2 Å². The zero-order valence-electron chi connectivity index (χ0n) is 21.4. The van der Waals surface area contributed by atoms with Gasteiger partial charge in [0.1, 0.15) is 5.75 Å². The second kappa shape index (κ2) is 11.6. The van der Waals surface area contributed by atoms with Crippen molar-refractivity contribution in [1.29, 1.82) is 0 Å². The van der Waals surface area contributed by atoms with Crippen LogP contribution >= 0.6 is 0 Å². The van der Waals surface area contributed by atoms with Crippen molar-refractivity contribution in [3.63, 3.8) is 0 Å². The van der Waals surface area contributed by atoms with Gasteiger partial charge in [0.15, 0.2) is 23.2 Å². The van der Waals surface area contributed by atoms with Crippen molar-refractivity contribution < 1.29 is 22.7 Å². The quantitative estimate of drug-likeness (QED) is 0.358. The molecule has 1 amide bonds. The monoisotopic (exact) mass is 523 g/mol. The molecule has 2 saturated heterocycles. The lowest BCUT2D eigenvalue weighted by atomic mass is 9.86. The van der Waals surface area contributed by atoms with Crippen LogP contribution in [0.4, 0.5) is 18.9 Å². The van der Waals surface area contributed by atoms with Crippen molar-refractivity contribution in [2.24, 2.45) is 0 Å². The van der Waals surface area contributed by atoms with Crippen LogP contribution in [0, 0.1) is 24.4 Å². The highest BCUT2D eigenvalue weighted by Gasteiger charge is 2.24. The third-order valence-electron chi connectivity index (χ3n) is 7.48. The lowest BCUT2D eigenvalue weighted by Gasteiger charge is -2.33. The number of hydrogen-bond donors (Lipinski definition) is 2. The van der Waals surface area contributed by atoms with Gasteiger partial charge in [-0.05, 0) is 99.1 Å². The van der Waals surface area contributed by atoms with Gasteiger partial charge in [0.25, 0.3) is 0 Å². The van der Waals surface area contributed by atoms with Gasteiger partial charge in [-0.25, -0.2) is 13.2 Å². The number of rotatable bonds is 7. The summed E-state index contributed by atoms with van der Waals surface area (Å²) in [5.41, 5.74) is 4.49. The molecule has 0 aliphatic carbocycles. The van der Waals surface area contributed by atoms with Gasteiger partial charge in [0.05, 0.1) is 6.04 Å². The van der Waals surface area contributed by atoms with E-state index in [0.29, 0.717) is 23.8 Å². The van der Waals surface area contributed by atoms with Gasteiger partial charge in [-0.15, -0.1) is 0 Å². The molecule has 0 spiro atoms. The Hall–Kier alpha value is -3.36. The van der Waals surface area contributed by atoms with Gasteiger partial charge < -0.3 is 15.4 Å².